The van der Waals surface area contributed by atoms with Crippen molar-refractivity contribution in [3.63, 3.8) is 0 Å². The summed E-state index contributed by atoms with van der Waals surface area (Å²) in [7, 11) is 1.23. The molecule has 124 valence electrons. The molecule has 0 radical (unpaired) electrons. The van der Waals surface area contributed by atoms with E-state index < -0.39 is 17.6 Å². The molecule has 0 spiro atoms. The number of alkyl halides is 3. The second-order valence-electron chi connectivity index (χ2n) is 4.89. The van der Waals surface area contributed by atoms with Crippen LogP contribution in [-0.2, 0) is 6.18 Å². The fourth-order valence-corrected chi connectivity index (χ4v) is 2.55. The highest BCUT2D eigenvalue weighted by atomic mass is 19.4. The first-order chi connectivity index (χ1) is 11.3. The minimum Gasteiger partial charge on any atom is -0.399 e. The lowest BCUT2D eigenvalue weighted by Crippen LogP contribution is -2.21. The number of hydrogen-bond donors (Lipinski definition) is 1. The summed E-state index contributed by atoms with van der Waals surface area (Å²) in [6, 6.07) is 5.04. The fraction of sp³-hybridized carbons (Fsp3) is 0.133. The molecule has 0 saturated heterocycles. The zero-order valence-corrected chi connectivity index (χ0v) is 12.3. The topological polar surface area (TPSA) is 83.0 Å². The number of benzene rings is 1. The molecule has 0 fully saturated rings. The lowest BCUT2D eigenvalue weighted by Gasteiger charge is -2.14. The Hall–Kier alpha value is -3.10. The Morgan fingerprint density at radius 3 is 2.58 bits per heavy atom. The van der Waals surface area contributed by atoms with Crippen LogP contribution in [0, 0.1) is 0 Å². The first kappa shape index (κ1) is 15.8. The van der Waals surface area contributed by atoms with Crippen molar-refractivity contribution in [2.75, 3.05) is 7.11 Å². The van der Waals surface area contributed by atoms with Crippen LogP contribution in [0.2, 0.25) is 0 Å². The molecule has 1 aromatic carbocycles. The van der Waals surface area contributed by atoms with Crippen molar-refractivity contribution in [2.24, 2.45) is 5.73 Å². The lowest BCUT2D eigenvalue weighted by atomic mass is 9.95. The van der Waals surface area contributed by atoms with E-state index in [0.29, 0.717) is 0 Å². The number of amides is 1. The molecule has 3 rings (SSSR count). The number of hydrogen-bond acceptors (Lipinski definition) is 4. The maximum absolute atomic E-state index is 13.5. The maximum atomic E-state index is 13.5. The van der Waals surface area contributed by atoms with E-state index in [2.05, 4.69) is 10.1 Å². The number of fused-ring (bicyclic) bond motifs is 1. The molecule has 0 unspecified atom stereocenters. The normalized spacial score (nSPS) is 11.7. The van der Waals surface area contributed by atoms with Gasteiger partial charge in [0.15, 0.2) is 5.69 Å². The third-order valence-electron chi connectivity index (χ3n) is 3.47. The zero-order chi connectivity index (χ0) is 17.5. The average molecular weight is 336 g/mol. The standard InChI is InChI=1S/C15H11F3N4O2/c1-24-22-13(14(19)23)12-10(21-22)5-4-9(15(16,17)18)11(12)8-3-2-6-20-7-8/h2-7H,1H3,(H2,19,23). The van der Waals surface area contributed by atoms with E-state index in [1.54, 1.807) is 0 Å². The van der Waals surface area contributed by atoms with Crippen LogP contribution in [0.25, 0.3) is 22.0 Å². The van der Waals surface area contributed by atoms with Gasteiger partial charge in [-0.05, 0) is 18.2 Å². The lowest BCUT2D eigenvalue weighted by molar-refractivity contribution is -0.137. The molecular formula is C15H11F3N4O2. The molecule has 0 aliphatic heterocycles. The molecule has 0 atom stereocenters. The summed E-state index contributed by atoms with van der Waals surface area (Å²) in [4.78, 5) is 21.4. The summed E-state index contributed by atoms with van der Waals surface area (Å²) in [5, 5.41) is 3.93. The number of aromatic nitrogens is 3. The van der Waals surface area contributed by atoms with Crippen molar-refractivity contribution >= 4 is 16.8 Å². The van der Waals surface area contributed by atoms with Crippen molar-refractivity contribution in [3.8, 4) is 11.1 Å². The third kappa shape index (κ3) is 2.43. The van der Waals surface area contributed by atoms with Crippen molar-refractivity contribution in [3.05, 3.63) is 47.9 Å². The second kappa shape index (κ2) is 5.52. The van der Waals surface area contributed by atoms with Crippen molar-refractivity contribution in [1.82, 2.24) is 14.9 Å². The summed E-state index contributed by atoms with van der Waals surface area (Å²) < 4.78 is 40.5. The van der Waals surface area contributed by atoms with Crippen molar-refractivity contribution < 1.29 is 22.8 Å². The molecule has 9 heteroatoms. The maximum Gasteiger partial charge on any atom is 0.417 e. The first-order valence-corrected chi connectivity index (χ1v) is 6.72. The molecule has 3 aromatic rings. The molecule has 2 N–H and O–H groups in total. The largest absolute Gasteiger partial charge is 0.417 e. The van der Waals surface area contributed by atoms with Crippen LogP contribution >= 0.6 is 0 Å². The van der Waals surface area contributed by atoms with E-state index in [4.69, 9.17) is 10.6 Å². The number of rotatable bonds is 3. The Labute approximate surface area is 133 Å². The average Bonchev–Trinajstić information content (AvgIpc) is 2.92. The Balaban J connectivity index is 2.52. The SMILES string of the molecule is COn1nc2ccc(C(F)(F)F)c(-c3cccnc3)c2c1C(N)=O. The summed E-state index contributed by atoms with van der Waals surface area (Å²) in [6.45, 7) is 0. The van der Waals surface area contributed by atoms with Gasteiger partial charge in [-0.1, -0.05) is 10.9 Å². The fourth-order valence-electron chi connectivity index (χ4n) is 2.55. The van der Waals surface area contributed by atoms with Crippen LogP contribution in [0.4, 0.5) is 13.2 Å². The van der Waals surface area contributed by atoms with E-state index in [0.717, 1.165) is 10.9 Å². The number of halogens is 3. The number of nitrogens with two attached hydrogens (primary N) is 1. The molecule has 0 bridgehead atoms. The predicted molar refractivity (Wildman–Crippen MR) is 79.0 cm³/mol. The summed E-state index contributed by atoms with van der Waals surface area (Å²) >= 11 is 0. The van der Waals surface area contributed by atoms with Gasteiger partial charge in [-0.15, -0.1) is 5.10 Å². The highest BCUT2D eigenvalue weighted by Gasteiger charge is 2.36. The quantitative estimate of drug-likeness (QED) is 0.795. The minimum absolute atomic E-state index is 0.0350. The number of primary amides is 1. The van der Waals surface area contributed by atoms with Gasteiger partial charge in [0.25, 0.3) is 5.91 Å². The Morgan fingerprint density at radius 2 is 2.04 bits per heavy atom. The predicted octanol–water partition coefficient (Wildman–Crippen LogP) is 2.27. The van der Waals surface area contributed by atoms with Crippen LogP contribution < -0.4 is 10.6 Å². The highest BCUT2D eigenvalue weighted by molar-refractivity contribution is 6.10. The number of pyridine rings is 1. The zero-order valence-electron chi connectivity index (χ0n) is 12.3. The minimum atomic E-state index is -4.64. The summed E-state index contributed by atoms with van der Waals surface area (Å²) in [5.41, 5.74) is 4.27. The number of nitrogens with zero attached hydrogens (tertiary/aromatic N) is 3. The molecule has 24 heavy (non-hydrogen) atoms. The molecule has 0 aliphatic carbocycles. The Kier molecular flexibility index (Phi) is 3.63. The van der Waals surface area contributed by atoms with Crippen LogP contribution in [0.5, 0.6) is 0 Å². The van der Waals surface area contributed by atoms with E-state index in [9.17, 15) is 18.0 Å². The molecule has 2 aromatic heterocycles. The van der Waals surface area contributed by atoms with Gasteiger partial charge < -0.3 is 10.6 Å². The Morgan fingerprint density at radius 1 is 1.29 bits per heavy atom. The van der Waals surface area contributed by atoms with Crippen LogP contribution in [-0.4, -0.2) is 27.9 Å². The number of carbonyl (C=O) groups excluding carboxylic acids is 1. The first-order valence-electron chi connectivity index (χ1n) is 6.72. The van der Waals surface area contributed by atoms with Crippen molar-refractivity contribution in [1.29, 1.82) is 0 Å². The highest BCUT2D eigenvalue weighted by Crippen LogP contribution is 2.41. The molecule has 0 saturated carbocycles. The monoisotopic (exact) mass is 336 g/mol. The van der Waals surface area contributed by atoms with Crippen LogP contribution in [0.3, 0.4) is 0 Å². The van der Waals surface area contributed by atoms with Gasteiger partial charge in [0, 0.05) is 28.9 Å². The van der Waals surface area contributed by atoms with Crippen LogP contribution in [0.15, 0.2) is 36.7 Å². The van der Waals surface area contributed by atoms with E-state index in [1.807, 2.05) is 0 Å². The molecule has 2 heterocycles. The van der Waals surface area contributed by atoms with Crippen molar-refractivity contribution in [2.45, 2.75) is 6.18 Å². The van der Waals surface area contributed by atoms with E-state index >= 15 is 0 Å². The van der Waals surface area contributed by atoms with E-state index in [1.165, 1.54) is 37.7 Å². The second-order valence-corrected chi connectivity index (χ2v) is 4.89. The van der Waals surface area contributed by atoms with Gasteiger partial charge in [0.05, 0.1) is 11.1 Å². The van der Waals surface area contributed by atoms with Crippen LogP contribution in [0.1, 0.15) is 16.1 Å². The van der Waals surface area contributed by atoms with Gasteiger partial charge in [0.2, 0.25) is 0 Å². The Bertz CT molecular complexity index is 920. The molecule has 0 aliphatic rings. The van der Waals surface area contributed by atoms with Gasteiger partial charge in [-0.25, -0.2) is 0 Å². The van der Waals surface area contributed by atoms with E-state index in [-0.39, 0.29) is 27.7 Å². The van der Waals surface area contributed by atoms with Gasteiger partial charge in [0.1, 0.15) is 7.11 Å². The molecule has 1 amide bonds. The smallest absolute Gasteiger partial charge is 0.399 e. The number of carbonyl (C=O) groups is 1. The molecular weight excluding hydrogens is 325 g/mol. The molecule has 6 nitrogen and oxygen atoms in total. The van der Waals surface area contributed by atoms with Gasteiger partial charge in [-0.2, -0.15) is 13.2 Å². The summed E-state index contributed by atoms with van der Waals surface area (Å²) in [6.07, 6.45) is -1.92. The van der Waals surface area contributed by atoms with Gasteiger partial charge in [-0.3, -0.25) is 9.78 Å². The summed E-state index contributed by atoms with van der Waals surface area (Å²) in [5.74, 6) is -0.955. The van der Waals surface area contributed by atoms with Gasteiger partial charge >= 0.3 is 6.18 Å². The third-order valence-corrected chi connectivity index (χ3v) is 3.47.